The molecule has 0 atom stereocenters. The molecule has 27 heavy (non-hydrogen) atoms. The summed E-state index contributed by atoms with van der Waals surface area (Å²) >= 11 is 0. The van der Waals surface area contributed by atoms with E-state index in [1.807, 2.05) is 17.0 Å². The Kier molecular flexibility index (Phi) is 6.40. The van der Waals surface area contributed by atoms with Crippen molar-refractivity contribution < 1.29 is 13.5 Å². The van der Waals surface area contributed by atoms with E-state index in [0.29, 0.717) is 45.0 Å². The summed E-state index contributed by atoms with van der Waals surface area (Å²) in [4.78, 5) is 12.2. The first kappa shape index (κ1) is 18.9. The van der Waals surface area contributed by atoms with Gasteiger partial charge in [0.1, 0.15) is 24.0 Å². The molecule has 1 aromatic heterocycles. The van der Waals surface area contributed by atoms with Crippen molar-refractivity contribution in [3.63, 3.8) is 0 Å². The number of nitrogens with zero attached hydrogens (tertiary/aromatic N) is 4. The number of rotatable bonds is 5. The van der Waals surface area contributed by atoms with Gasteiger partial charge >= 0.3 is 0 Å². The summed E-state index contributed by atoms with van der Waals surface area (Å²) in [5, 5.41) is 3.26. The molecule has 0 saturated carbocycles. The highest BCUT2D eigenvalue weighted by Gasteiger charge is 2.21. The zero-order chi connectivity index (χ0) is 19.1. The normalized spacial score (nSPS) is 15.0. The summed E-state index contributed by atoms with van der Waals surface area (Å²) in [6.07, 6.45) is 3.36. The van der Waals surface area contributed by atoms with Crippen LogP contribution >= 0.6 is 0 Å². The fourth-order valence-electron chi connectivity index (χ4n) is 2.98. The van der Waals surface area contributed by atoms with Crippen LogP contribution in [0.2, 0.25) is 0 Å². The lowest BCUT2D eigenvalue weighted by molar-refractivity contribution is 0.314. The van der Waals surface area contributed by atoms with Crippen LogP contribution in [0.3, 0.4) is 0 Å². The third-order valence-corrected chi connectivity index (χ3v) is 4.33. The number of ether oxygens (including phenoxy) is 1. The van der Waals surface area contributed by atoms with Crippen LogP contribution in [0.25, 0.3) is 0 Å². The topological polar surface area (TPSA) is 53.0 Å². The van der Waals surface area contributed by atoms with Crippen molar-refractivity contribution in [3.8, 4) is 5.75 Å². The first-order valence-corrected chi connectivity index (χ1v) is 8.86. The van der Waals surface area contributed by atoms with Crippen LogP contribution in [-0.4, -0.2) is 62.2 Å². The minimum absolute atomic E-state index is 0.308. The maximum Gasteiger partial charge on any atom is 0.193 e. The van der Waals surface area contributed by atoms with Crippen molar-refractivity contribution >= 4 is 11.6 Å². The molecule has 1 aromatic carbocycles. The molecule has 0 radical (unpaired) electrons. The number of hydrogen-bond donors (Lipinski definition) is 1. The van der Waals surface area contributed by atoms with Gasteiger partial charge in [0.05, 0.1) is 18.4 Å². The van der Waals surface area contributed by atoms with Gasteiger partial charge in [-0.1, -0.05) is 0 Å². The van der Waals surface area contributed by atoms with E-state index in [9.17, 15) is 8.78 Å². The Morgan fingerprint density at radius 1 is 1.22 bits per heavy atom. The summed E-state index contributed by atoms with van der Waals surface area (Å²) in [6.45, 7) is 3.60. The van der Waals surface area contributed by atoms with E-state index in [4.69, 9.17) is 4.74 Å². The summed E-state index contributed by atoms with van der Waals surface area (Å²) in [7, 11) is 1.73. The Morgan fingerprint density at radius 2 is 2.04 bits per heavy atom. The number of pyridine rings is 1. The lowest BCUT2D eigenvalue weighted by Crippen LogP contribution is -2.53. The van der Waals surface area contributed by atoms with Crippen LogP contribution in [0, 0.1) is 11.6 Å². The molecule has 144 valence electrons. The van der Waals surface area contributed by atoms with Gasteiger partial charge < -0.3 is 19.9 Å². The molecule has 6 nitrogen and oxygen atoms in total. The maximum absolute atomic E-state index is 13.9. The van der Waals surface area contributed by atoms with Crippen LogP contribution in [0.1, 0.15) is 0 Å². The third-order valence-electron chi connectivity index (χ3n) is 4.33. The predicted octanol–water partition coefficient (Wildman–Crippen LogP) is 2.14. The van der Waals surface area contributed by atoms with Gasteiger partial charge in [-0.05, 0) is 24.3 Å². The van der Waals surface area contributed by atoms with Crippen molar-refractivity contribution in [1.29, 1.82) is 0 Å². The van der Waals surface area contributed by atoms with E-state index in [2.05, 4.69) is 20.2 Å². The second-order valence-electron chi connectivity index (χ2n) is 6.08. The van der Waals surface area contributed by atoms with Gasteiger partial charge in [-0.3, -0.25) is 9.98 Å². The van der Waals surface area contributed by atoms with Gasteiger partial charge in [0.15, 0.2) is 5.96 Å². The molecule has 0 unspecified atom stereocenters. The summed E-state index contributed by atoms with van der Waals surface area (Å²) in [5.41, 5.74) is 0.308. The number of aromatic nitrogens is 1. The van der Waals surface area contributed by atoms with E-state index in [1.165, 1.54) is 12.1 Å². The molecular formula is C19H23F2N5O. The highest BCUT2D eigenvalue weighted by Crippen LogP contribution is 2.21. The van der Waals surface area contributed by atoms with E-state index in [-0.39, 0.29) is 0 Å². The van der Waals surface area contributed by atoms with Gasteiger partial charge in [0.25, 0.3) is 0 Å². The molecular weight excluding hydrogens is 352 g/mol. The van der Waals surface area contributed by atoms with Crippen LogP contribution in [0.5, 0.6) is 5.75 Å². The Morgan fingerprint density at radius 3 is 2.74 bits per heavy atom. The quantitative estimate of drug-likeness (QED) is 0.493. The highest BCUT2D eigenvalue weighted by atomic mass is 19.1. The largest absolute Gasteiger partial charge is 0.490 e. The third kappa shape index (κ3) is 5.06. The molecule has 1 aliphatic heterocycles. The molecule has 1 fully saturated rings. The monoisotopic (exact) mass is 375 g/mol. The molecule has 8 heteroatoms. The minimum Gasteiger partial charge on any atom is -0.490 e. The SMILES string of the molecule is CN=C(NCCOc1cccnc1)N1CCN(c2cc(F)ccc2F)CC1. The first-order valence-electron chi connectivity index (χ1n) is 8.86. The Bertz CT molecular complexity index is 764. The number of benzene rings is 1. The molecule has 0 amide bonds. The standard InChI is InChI=1S/C19H23F2N5O/c1-22-19(24-7-12-27-16-3-2-6-23-14-16)26-10-8-25(9-11-26)18-13-15(20)4-5-17(18)21/h2-6,13-14H,7-12H2,1H3,(H,22,24). The fourth-order valence-corrected chi connectivity index (χ4v) is 2.98. The van der Waals surface area contributed by atoms with Gasteiger partial charge in [-0.25, -0.2) is 8.78 Å². The Labute approximate surface area is 157 Å². The van der Waals surface area contributed by atoms with Crippen molar-refractivity contribution in [3.05, 3.63) is 54.4 Å². The molecule has 3 rings (SSSR count). The van der Waals surface area contributed by atoms with Gasteiger partial charge in [0.2, 0.25) is 0 Å². The fraction of sp³-hybridized carbons (Fsp3) is 0.368. The minimum atomic E-state index is -0.431. The second-order valence-corrected chi connectivity index (χ2v) is 6.08. The van der Waals surface area contributed by atoms with E-state index in [1.54, 1.807) is 19.4 Å². The highest BCUT2D eigenvalue weighted by molar-refractivity contribution is 5.80. The number of piperazine rings is 1. The number of hydrogen-bond acceptors (Lipinski definition) is 4. The van der Waals surface area contributed by atoms with Gasteiger partial charge in [-0.15, -0.1) is 0 Å². The van der Waals surface area contributed by atoms with Crippen molar-refractivity contribution in [2.75, 3.05) is 51.3 Å². The molecule has 1 N–H and O–H groups in total. The van der Waals surface area contributed by atoms with Gasteiger partial charge in [0, 0.05) is 45.5 Å². The van der Waals surface area contributed by atoms with E-state index < -0.39 is 11.6 Å². The predicted molar refractivity (Wildman–Crippen MR) is 101 cm³/mol. The zero-order valence-electron chi connectivity index (χ0n) is 15.2. The summed E-state index contributed by atoms with van der Waals surface area (Å²) in [6, 6.07) is 7.22. The average molecular weight is 375 g/mol. The van der Waals surface area contributed by atoms with Crippen LogP contribution in [0.15, 0.2) is 47.7 Å². The lowest BCUT2D eigenvalue weighted by Gasteiger charge is -2.37. The summed E-state index contributed by atoms with van der Waals surface area (Å²) < 4.78 is 33.0. The Hall–Kier alpha value is -2.90. The number of anilines is 1. The van der Waals surface area contributed by atoms with E-state index in [0.717, 1.165) is 17.8 Å². The first-order chi connectivity index (χ1) is 13.2. The summed E-state index contributed by atoms with van der Waals surface area (Å²) in [5.74, 6) is 0.656. The second kappa shape index (κ2) is 9.16. The molecule has 2 aromatic rings. The number of halogens is 2. The number of guanidine groups is 1. The van der Waals surface area contributed by atoms with Crippen molar-refractivity contribution in [2.45, 2.75) is 0 Å². The molecule has 1 aliphatic rings. The molecule has 1 saturated heterocycles. The number of nitrogens with one attached hydrogen (secondary N) is 1. The molecule has 0 bridgehead atoms. The zero-order valence-corrected chi connectivity index (χ0v) is 15.2. The van der Waals surface area contributed by atoms with E-state index >= 15 is 0 Å². The molecule has 0 aliphatic carbocycles. The van der Waals surface area contributed by atoms with Crippen LogP contribution in [-0.2, 0) is 0 Å². The molecule has 2 heterocycles. The van der Waals surface area contributed by atoms with Crippen molar-refractivity contribution in [2.24, 2.45) is 4.99 Å². The molecule has 0 spiro atoms. The Balaban J connectivity index is 1.46. The van der Waals surface area contributed by atoms with Gasteiger partial charge in [-0.2, -0.15) is 0 Å². The van der Waals surface area contributed by atoms with Crippen LogP contribution in [0.4, 0.5) is 14.5 Å². The van der Waals surface area contributed by atoms with Crippen LogP contribution < -0.4 is 15.0 Å². The average Bonchev–Trinajstić information content (AvgIpc) is 2.71. The number of aliphatic imine (C=N–C) groups is 1. The maximum atomic E-state index is 13.9. The smallest absolute Gasteiger partial charge is 0.193 e. The lowest BCUT2D eigenvalue weighted by atomic mass is 10.2. The van der Waals surface area contributed by atoms with Crippen molar-refractivity contribution in [1.82, 2.24) is 15.2 Å².